The topological polar surface area (TPSA) is 92.9 Å². The van der Waals surface area contributed by atoms with Crippen molar-refractivity contribution in [3.8, 4) is 5.75 Å². The van der Waals surface area contributed by atoms with Gasteiger partial charge in [-0.15, -0.1) is 0 Å². The van der Waals surface area contributed by atoms with Crippen LogP contribution in [0, 0.1) is 0 Å². The van der Waals surface area contributed by atoms with Crippen molar-refractivity contribution in [1.29, 1.82) is 0 Å². The smallest absolute Gasteiger partial charge is 0.328 e. The predicted octanol–water partition coefficient (Wildman–Crippen LogP) is 1.14. The maximum atomic E-state index is 12.4. The number of nitrogen functional groups attached to an aromatic ring is 1. The van der Waals surface area contributed by atoms with Gasteiger partial charge in [-0.25, -0.2) is 4.79 Å². The lowest BCUT2D eigenvalue weighted by Gasteiger charge is -2.23. The molecule has 1 atom stereocenters. The minimum Gasteiger partial charge on any atom is -0.505 e. The molecule has 1 fully saturated rings. The number of ether oxygens (including phenoxy) is 1. The number of likely N-dealkylation sites (tertiary alicyclic amines) is 1. The second kappa shape index (κ2) is 5.81. The van der Waals surface area contributed by atoms with Crippen LogP contribution in [0.15, 0.2) is 18.2 Å². The van der Waals surface area contributed by atoms with Crippen molar-refractivity contribution in [2.75, 3.05) is 18.9 Å². The average molecular weight is 278 g/mol. The molecule has 1 amide bonds. The molecule has 6 nitrogen and oxygen atoms in total. The fraction of sp³-hybridized carbons (Fsp3) is 0.429. The maximum absolute atomic E-state index is 12.4. The Labute approximate surface area is 117 Å². The largest absolute Gasteiger partial charge is 0.505 e. The fourth-order valence-electron chi connectivity index (χ4n) is 2.38. The van der Waals surface area contributed by atoms with Crippen LogP contribution < -0.4 is 5.73 Å². The van der Waals surface area contributed by atoms with Crippen LogP contribution in [0.4, 0.5) is 5.69 Å². The number of rotatable bonds is 3. The van der Waals surface area contributed by atoms with E-state index >= 15 is 0 Å². The van der Waals surface area contributed by atoms with Crippen LogP contribution in [0.3, 0.4) is 0 Å². The van der Waals surface area contributed by atoms with Gasteiger partial charge in [-0.2, -0.15) is 0 Å². The number of amides is 1. The number of nitrogens with two attached hydrogens (primary N) is 1. The highest BCUT2D eigenvalue weighted by molar-refractivity contribution is 6.00. The molecule has 0 aromatic heterocycles. The highest BCUT2D eigenvalue weighted by Crippen LogP contribution is 2.28. The molecule has 1 unspecified atom stereocenters. The van der Waals surface area contributed by atoms with Gasteiger partial charge in [-0.05, 0) is 31.9 Å². The van der Waals surface area contributed by atoms with Gasteiger partial charge in [0.05, 0.1) is 17.9 Å². The quantitative estimate of drug-likeness (QED) is 0.491. The molecule has 6 heteroatoms. The summed E-state index contributed by atoms with van der Waals surface area (Å²) >= 11 is 0. The Balaban J connectivity index is 2.23. The van der Waals surface area contributed by atoms with E-state index in [1.165, 1.54) is 17.0 Å². The minimum atomic E-state index is -0.580. The minimum absolute atomic E-state index is 0.112. The summed E-state index contributed by atoms with van der Waals surface area (Å²) in [5, 5.41) is 9.87. The Hall–Kier alpha value is -2.24. The third-order valence-electron chi connectivity index (χ3n) is 3.37. The molecule has 1 saturated heterocycles. The molecule has 1 aliphatic heterocycles. The Morgan fingerprint density at radius 3 is 2.95 bits per heavy atom. The molecule has 1 aromatic carbocycles. The van der Waals surface area contributed by atoms with Gasteiger partial charge < -0.3 is 20.5 Å². The predicted molar refractivity (Wildman–Crippen MR) is 73.2 cm³/mol. The van der Waals surface area contributed by atoms with Crippen molar-refractivity contribution < 1.29 is 19.4 Å². The van der Waals surface area contributed by atoms with E-state index in [0.717, 1.165) is 6.42 Å². The van der Waals surface area contributed by atoms with E-state index in [9.17, 15) is 14.7 Å². The third-order valence-corrected chi connectivity index (χ3v) is 3.37. The Morgan fingerprint density at radius 2 is 2.25 bits per heavy atom. The van der Waals surface area contributed by atoms with Crippen LogP contribution in [-0.4, -0.2) is 41.1 Å². The van der Waals surface area contributed by atoms with Crippen LogP contribution >= 0.6 is 0 Å². The lowest BCUT2D eigenvalue weighted by Crippen LogP contribution is -2.41. The summed E-state index contributed by atoms with van der Waals surface area (Å²) in [6.45, 7) is 2.47. The number of anilines is 1. The summed E-state index contributed by atoms with van der Waals surface area (Å²) in [7, 11) is 0. The first kappa shape index (κ1) is 14.2. The van der Waals surface area contributed by atoms with Crippen LogP contribution in [-0.2, 0) is 9.53 Å². The van der Waals surface area contributed by atoms with Crippen molar-refractivity contribution in [3.63, 3.8) is 0 Å². The monoisotopic (exact) mass is 278 g/mol. The van der Waals surface area contributed by atoms with Gasteiger partial charge in [-0.3, -0.25) is 4.79 Å². The number of aromatic hydroxyl groups is 1. The molecule has 1 aromatic rings. The van der Waals surface area contributed by atoms with Gasteiger partial charge in [-0.1, -0.05) is 6.07 Å². The number of hydrogen-bond donors (Lipinski definition) is 2. The Kier molecular flexibility index (Phi) is 4.12. The van der Waals surface area contributed by atoms with Crippen molar-refractivity contribution in [2.24, 2.45) is 0 Å². The van der Waals surface area contributed by atoms with Gasteiger partial charge in [0.1, 0.15) is 6.04 Å². The number of nitrogens with zero attached hydrogens (tertiary/aromatic N) is 1. The fourth-order valence-corrected chi connectivity index (χ4v) is 2.38. The number of carbonyl (C=O) groups excluding carboxylic acids is 2. The van der Waals surface area contributed by atoms with E-state index in [4.69, 9.17) is 10.5 Å². The Morgan fingerprint density at radius 1 is 1.50 bits per heavy atom. The number of carbonyl (C=O) groups is 2. The molecule has 0 aliphatic carbocycles. The first-order valence-electron chi connectivity index (χ1n) is 6.61. The second-order valence-electron chi connectivity index (χ2n) is 4.65. The summed E-state index contributed by atoms with van der Waals surface area (Å²) in [5.41, 5.74) is 5.84. The van der Waals surface area contributed by atoms with E-state index in [-0.39, 0.29) is 23.6 Å². The summed E-state index contributed by atoms with van der Waals surface area (Å²) < 4.78 is 4.98. The van der Waals surface area contributed by atoms with Gasteiger partial charge >= 0.3 is 5.97 Å². The molecule has 3 N–H and O–H groups in total. The van der Waals surface area contributed by atoms with Gasteiger partial charge in [0.15, 0.2) is 5.75 Å². The molecular weight excluding hydrogens is 260 g/mol. The van der Waals surface area contributed by atoms with Crippen LogP contribution in [0.5, 0.6) is 5.75 Å². The Bertz CT molecular complexity index is 530. The van der Waals surface area contributed by atoms with E-state index in [1.807, 2.05) is 0 Å². The molecule has 0 spiro atoms. The summed E-state index contributed by atoms with van der Waals surface area (Å²) in [6, 6.07) is 4.02. The van der Waals surface area contributed by atoms with Gasteiger partial charge in [0.2, 0.25) is 0 Å². The number of hydrogen-bond acceptors (Lipinski definition) is 5. The third kappa shape index (κ3) is 2.54. The van der Waals surface area contributed by atoms with Crippen molar-refractivity contribution in [1.82, 2.24) is 4.90 Å². The van der Waals surface area contributed by atoms with Crippen molar-refractivity contribution in [2.45, 2.75) is 25.8 Å². The summed E-state index contributed by atoms with van der Waals surface area (Å²) in [5.74, 6) is -1.04. The highest BCUT2D eigenvalue weighted by Gasteiger charge is 2.36. The van der Waals surface area contributed by atoms with E-state index < -0.39 is 17.9 Å². The zero-order chi connectivity index (χ0) is 14.7. The van der Waals surface area contributed by atoms with Crippen LogP contribution in [0.2, 0.25) is 0 Å². The maximum Gasteiger partial charge on any atom is 0.328 e. The van der Waals surface area contributed by atoms with Crippen molar-refractivity contribution >= 4 is 17.6 Å². The number of benzene rings is 1. The zero-order valence-corrected chi connectivity index (χ0v) is 11.3. The zero-order valence-electron chi connectivity index (χ0n) is 11.3. The highest BCUT2D eigenvalue weighted by atomic mass is 16.5. The standard InChI is InChI=1S/C14H18N2O4/c1-2-20-14(19)11-7-4-8-16(11)13(18)9-5-3-6-10(15)12(9)17/h3,5-6,11,17H,2,4,7-8,15H2,1H3. The number of phenols is 1. The van der Waals surface area contributed by atoms with E-state index in [0.29, 0.717) is 13.0 Å². The lowest BCUT2D eigenvalue weighted by molar-refractivity contribution is -0.147. The molecule has 2 rings (SSSR count). The number of esters is 1. The number of para-hydroxylation sites is 1. The molecule has 108 valence electrons. The summed E-state index contributed by atoms with van der Waals surface area (Å²) in [6.07, 6.45) is 1.31. The van der Waals surface area contributed by atoms with Crippen LogP contribution in [0.25, 0.3) is 0 Å². The first-order chi connectivity index (χ1) is 9.56. The average Bonchev–Trinajstić information content (AvgIpc) is 2.91. The number of phenolic OH excluding ortho intramolecular Hbond substituents is 1. The van der Waals surface area contributed by atoms with Crippen molar-refractivity contribution in [3.05, 3.63) is 23.8 Å². The molecule has 1 aliphatic rings. The molecule has 20 heavy (non-hydrogen) atoms. The lowest BCUT2D eigenvalue weighted by atomic mass is 10.1. The first-order valence-corrected chi connectivity index (χ1v) is 6.61. The molecule has 0 bridgehead atoms. The molecule has 1 heterocycles. The SMILES string of the molecule is CCOC(=O)C1CCCN1C(=O)c1cccc(N)c1O. The summed E-state index contributed by atoms with van der Waals surface area (Å²) in [4.78, 5) is 25.7. The molecular formula is C14H18N2O4. The van der Waals surface area contributed by atoms with Gasteiger partial charge in [0, 0.05) is 6.54 Å². The van der Waals surface area contributed by atoms with E-state index in [2.05, 4.69) is 0 Å². The van der Waals surface area contributed by atoms with Gasteiger partial charge in [0.25, 0.3) is 5.91 Å². The molecule has 0 radical (unpaired) electrons. The second-order valence-corrected chi connectivity index (χ2v) is 4.65. The molecule has 0 saturated carbocycles. The van der Waals surface area contributed by atoms with Crippen LogP contribution in [0.1, 0.15) is 30.1 Å². The van der Waals surface area contributed by atoms with E-state index in [1.54, 1.807) is 13.0 Å². The normalized spacial score (nSPS) is 18.1.